The summed E-state index contributed by atoms with van der Waals surface area (Å²) < 4.78 is 0. The van der Waals surface area contributed by atoms with Crippen molar-refractivity contribution in [1.29, 1.82) is 0 Å². The molecule has 3 aromatic heterocycles. The molecule has 7 heteroatoms. The van der Waals surface area contributed by atoms with Crippen LogP contribution in [0.25, 0.3) is 11.2 Å². The Balaban J connectivity index is 1.61. The van der Waals surface area contributed by atoms with Crippen LogP contribution in [-0.2, 0) is 0 Å². The summed E-state index contributed by atoms with van der Waals surface area (Å²) in [5.41, 5.74) is 3.62. The molecule has 1 fully saturated rings. The Hall–Kier alpha value is -2.57. The molecule has 3 aromatic rings. The molecular weight excluding hydrogens is 266 g/mol. The zero-order valence-corrected chi connectivity index (χ0v) is 11.7. The van der Waals surface area contributed by atoms with Crippen LogP contribution in [0.2, 0.25) is 0 Å². The molecule has 0 aromatic carbocycles. The molecule has 4 rings (SSSR count). The molecule has 0 radical (unpaired) electrons. The first kappa shape index (κ1) is 12.2. The highest BCUT2D eigenvalue weighted by Gasteiger charge is 2.28. The van der Waals surface area contributed by atoms with Gasteiger partial charge in [-0.3, -0.25) is 5.10 Å². The fraction of sp³-hybridized carbons (Fsp3) is 0.357. The molecule has 0 amide bonds. The van der Waals surface area contributed by atoms with Crippen molar-refractivity contribution in [2.75, 3.05) is 18.0 Å². The Kier molecular flexibility index (Phi) is 2.77. The quantitative estimate of drug-likeness (QED) is 0.765. The van der Waals surface area contributed by atoms with Crippen molar-refractivity contribution in [3.05, 3.63) is 36.2 Å². The van der Waals surface area contributed by atoms with E-state index >= 15 is 0 Å². The molecule has 1 atom stereocenters. The average Bonchev–Trinajstić information content (AvgIpc) is 3.14. The summed E-state index contributed by atoms with van der Waals surface area (Å²) in [5, 5.41) is 7.34. The summed E-state index contributed by atoms with van der Waals surface area (Å²) in [7, 11) is 0. The molecule has 0 aliphatic carbocycles. The fourth-order valence-corrected chi connectivity index (χ4v) is 2.87. The van der Waals surface area contributed by atoms with Crippen molar-refractivity contribution in [1.82, 2.24) is 30.1 Å². The lowest BCUT2D eigenvalue weighted by Gasteiger charge is -2.17. The van der Waals surface area contributed by atoms with Gasteiger partial charge in [-0.25, -0.2) is 19.9 Å². The zero-order chi connectivity index (χ0) is 14.2. The molecule has 106 valence electrons. The second-order valence-electron chi connectivity index (χ2n) is 5.32. The number of nitrogens with one attached hydrogen (secondary N) is 1. The van der Waals surface area contributed by atoms with Crippen LogP contribution in [0.1, 0.15) is 23.7 Å². The van der Waals surface area contributed by atoms with Crippen molar-refractivity contribution < 1.29 is 0 Å². The number of aromatic nitrogens is 6. The van der Waals surface area contributed by atoms with Gasteiger partial charge in [0, 0.05) is 43.2 Å². The van der Waals surface area contributed by atoms with Crippen molar-refractivity contribution in [3.63, 3.8) is 0 Å². The van der Waals surface area contributed by atoms with Crippen molar-refractivity contribution in [3.8, 4) is 0 Å². The molecular formula is C14H15N7. The Labute approximate surface area is 121 Å². The topological polar surface area (TPSA) is 83.5 Å². The minimum absolute atomic E-state index is 0.377. The summed E-state index contributed by atoms with van der Waals surface area (Å²) in [5.74, 6) is 1.36. The Morgan fingerprint density at radius 1 is 1.19 bits per heavy atom. The normalized spacial score (nSPS) is 18.5. The van der Waals surface area contributed by atoms with E-state index in [1.165, 1.54) is 0 Å². The summed E-state index contributed by atoms with van der Waals surface area (Å²) in [4.78, 5) is 19.4. The van der Waals surface area contributed by atoms with Crippen LogP contribution in [0.3, 0.4) is 0 Å². The molecule has 1 saturated heterocycles. The second kappa shape index (κ2) is 4.76. The molecule has 0 unspecified atom stereocenters. The first-order valence-electron chi connectivity index (χ1n) is 7.00. The van der Waals surface area contributed by atoms with E-state index in [0.717, 1.165) is 42.2 Å². The molecule has 0 spiro atoms. The number of nitrogens with zero attached hydrogens (tertiary/aromatic N) is 6. The lowest BCUT2D eigenvalue weighted by atomic mass is 10.0. The van der Waals surface area contributed by atoms with Crippen LogP contribution < -0.4 is 4.90 Å². The first-order chi connectivity index (χ1) is 10.3. The van der Waals surface area contributed by atoms with E-state index in [1.54, 1.807) is 18.7 Å². The molecule has 1 aliphatic rings. The van der Waals surface area contributed by atoms with E-state index in [9.17, 15) is 0 Å². The van der Waals surface area contributed by atoms with E-state index < -0.39 is 0 Å². The summed E-state index contributed by atoms with van der Waals surface area (Å²) in [6.07, 6.45) is 6.05. The highest BCUT2D eigenvalue weighted by atomic mass is 15.2. The minimum Gasteiger partial charge on any atom is -0.356 e. The first-order valence-corrected chi connectivity index (χ1v) is 7.00. The van der Waals surface area contributed by atoms with E-state index in [2.05, 4.69) is 35.0 Å². The third-order valence-corrected chi connectivity index (χ3v) is 3.93. The predicted molar refractivity (Wildman–Crippen MR) is 78.0 cm³/mol. The van der Waals surface area contributed by atoms with E-state index in [-0.39, 0.29) is 0 Å². The smallest absolute Gasteiger partial charge is 0.199 e. The van der Waals surface area contributed by atoms with Crippen LogP contribution >= 0.6 is 0 Å². The summed E-state index contributed by atoms with van der Waals surface area (Å²) in [6, 6.07) is 2.02. The van der Waals surface area contributed by atoms with Crippen LogP contribution in [0.5, 0.6) is 0 Å². The van der Waals surface area contributed by atoms with Gasteiger partial charge in [-0.15, -0.1) is 0 Å². The lowest BCUT2D eigenvalue weighted by Crippen LogP contribution is -2.20. The summed E-state index contributed by atoms with van der Waals surface area (Å²) >= 11 is 0. The standard InChI is InChI=1S/C14H15N7/c1-9-6-11(18-8-17-9)21-5-2-10(7-21)12-13-14(20-19-12)16-4-3-15-13/h3-4,6,8,10H,2,5,7H2,1H3,(H,16,19,20)/t10-/m1/s1. The van der Waals surface area contributed by atoms with Gasteiger partial charge in [-0.1, -0.05) is 0 Å². The van der Waals surface area contributed by atoms with E-state index in [1.807, 2.05) is 13.0 Å². The van der Waals surface area contributed by atoms with Gasteiger partial charge in [0.2, 0.25) is 0 Å². The molecule has 7 nitrogen and oxygen atoms in total. The number of H-pyrrole nitrogens is 1. The van der Waals surface area contributed by atoms with Gasteiger partial charge in [0.05, 0.1) is 5.69 Å². The average molecular weight is 281 g/mol. The molecule has 4 heterocycles. The SMILES string of the molecule is Cc1cc(N2CC[C@@H](c3[nH]nc4nccnc34)C2)ncn1. The van der Waals surface area contributed by atoms with Crippen LogP contribution in [0.15, 0.2) is 24.8 Å². The maximum Gasteiger partial charge on any atom is 0.199 e. The van der Waals surface area contributed by atoms with Gasteiger partial charge in [-0.2, -0.15) is 5.10 Å². The largest absolute Gasteiger partial charge is 0.356 e. The highest BCUT2D eigenvalue weighted by molar-refractivity contribution is 5.73. The highest BCUT2D eigenvalue weighted by Crippen LogP contribution is 2.31. The molecule has 21 heavy (non-hydrogen) atoms. The van der Waals surface area contributed by atoms with Gasteiger partial charge in [0.15, 0.2) is 5.65 Å². The van der Waals surface area contributed by atoms with Crippen molar-refractivity contribution in [2.45, 2.75) is 19.3 Å². The fourth-order valence-electron chi connectivity index (χ4n) is 2.87. The molecule has 0 saturated carbocycles. The maximum absolute atomic E-state index is 4.40. The Bertz CT molecular complexity index is 782. The Morgan fingerprint density at radius 2 is 2.10 bits per heavy atom. The monoisotopic (exact) mass is 281 g/mol. The number of hydrogen-bond donors (Lipinski definition) is 1. The number of hydrogen-bond acceptors (Lipinski definition) is 6. The maximum atomic E-state index is 4.40. The number of aryl methyl sites for hydroxylation is 1. The third kappa shape index (κ3) is 2.10. The number of fused-ring (bicyclic) bond motifs is 1. The predicted octanol–water partition coefficient (Wildman–Crippen LogP) is 1.45. The van der Waals surface area contributed by atoms with E-state index in [4.69, 9.17) is 0 Å². The third-order valence-electron chi connectivity index (χ3n) is 3.93. The van der Waals surface area contributed by atoms with Crippen LogP contribution in [-0.4, -0.2) is 43.2 Å². The number of anilines is 1. The van der Waals surface area contributed by atoms with Gasteiger partial charge in [-0.05, 0) is 13.3 Å². The Morgan fingerprint density at radius 3 is 3.00 bits per heavy atom. The summed E-state index contributed by atoms with van der Waals surface area (Å²) in [6.45, 7) is 3.86. The second-order valence-corrected chi connectivity index (χ2v) is 5.32. The molecule has 1 aliphatic heterocycles. The lowest BCUT2D eigenvalue weighted by molar-refractivity contribution is 0.741. The van der Waals surface area contributed by atoms with Crippen molar-refractivity contribution in [2.24, 2.45) is 0 Å². The van der Waals surface area contributed by atoms with Gasteiger partial charge in [0.1, 0.15) is 17.7 Å². The van der Waals surface area contributed by atoms with Crippen LogP contribution in [0.4, 0.5) is 5.82 Å². The van der Waals surface area contributed by atoms with Gasteiger partial charge >= 0.3 is 0 Å². The minimum atomic E-state index is 0.377. The number of aromatic amines is 1. The van der Waals surface area contributed by atoms with Crippen LogP contribution in [0, 0.1) is 6.92 Å². The van der Waals surface area contributed by atoms with Gasteiger partial charge in [0.25, 0.3) is 0 Å². The molecule has 1 N–H and O–H groups in total. The van der Waals surface area contributed by atoms with Crippen molar-refractivity contribution >= 4 is 17.0 Å². The zero-order valence-electron chi connectivity index (χ0n) is 11.7. The molecule has 0 bridgehead atoms. The van der Waals surface area contributed by atoms with Gasteiger partial charge < -0.3 is 4.90 Å². The number of rotatable bonds is 2. The van der Waals surface area contributed by atoms with E-state index in [0.29, 0.717) is 11.6 Å².